The summed E-state index contributed by atoms with van der Waals surface area (Å²) in [7, 11) is 0. The normalized spacial score (nSPS) is 24.2. The Labute approximate surface area is 178 Å². The summed E-state index contributed by atoms with van der Waals surface area (Å²) in [5.74, 6) is 0.579. The second kappa shape index (κ2) is 7.78. The van der Waals surface area contributed by atoms with Crippen molar-refractivity contribution < 1.29 is 22.7 Å². The van der Waals surface area contributed by atoms with Crippen molar-refractivity contribution in [2.45, 2.75) is 56.5 Å². The van der Waals surface area contributed by atoms with Crippen LogP contribution < -0.4 is 4.74 Å². The molecule has 164 valence electrons. The molecule has 3 aliphatic rings. The van der Waals surface area contributed by atoms with Crippen molar-refractivity contribution in [2.75, 3.05) is 13.2 Å². The lowest BCUT2D eigenvalue weighted by Crippen LogP contribution is -2.53. The Morgan fingerprint density at radius 3 is 2.61 bits per heavy atom. The minimum atomic E-state index is -4.48. The third kappa shape index (κ3) is 4.23. The number of benzene rings is 1. The zero-order valence-electron chi connectivity index (χ0n) is 16.9. The van der Waals surface area contributed by atoms with E-state index in [4.69, 9.17) is 4.74 Å². The maximum atomic E-state index is 13.0. The minimum Gasteiger partial charge on any atom is -0.457 e. The number of hydrogen-bond donors (Lipinski definition) is 0. The van der Waals surface area contributed by atoms with Gasteiger partial charge >= 0.3 is 6.18 Å². The largest absolute Gasteiger partial charge is 0.457 e. The predicted molar refractivity (Wildman–Crippen MR) is 105 cm³/mol. The Balaban J connectivity index is 1.27. The van der Waals surface area contributed by atoms with E-state index in [1.54, 1.807) is 17.3 Å². The van der Waals surface area contributed by atoms with E-state index in [0.717, 1.165) is 49.9 Å². The number of amides is 1. The molecular weight excluding hydrogens is 409 g/mol. The molecule has 9 heteroatoms. The van der Waals surface area contributed by atoms with E-state index in [-0.39, 0.29) is 17.8 Å². The summed E-state index contributed by atoms with van der Waals surface area (Å²) in [5.41, 5.74) is 0.225. The highest BCUT2D eigenvalue weighted by molar-refractivity contribution is 5.94. The molecular formula is C22H23F3N4O2. The van der Waals surface area contributed by atoms with Gasteiger partial charge in [-0.2, -0.15) is 13.2 Å². The fourth-order valence-electron chi connectivity index (χ4n) is 4.41. The average Bonchev–Trinajstić information content (AvgIpc) is 3.55. The Morgan fingerprint density at radius 2 is 1.90 bits per heavy atom. The highest BCUT2D eigenvalue weighted by atomic mass is 19.4. The van der Waals surface area contributed by atoms with Crippen molar-refractivity contribution in [3.63, 3.8) is 0 Å². The van der Waals surface area contributed by atoms with Crippen LogP contribution >= 0.6 is 0 Å². The molecule has 1 aromatic heterocycles. The number of nitrogens with zero attached hydrogens (tertiary/aromatic N) is 4. The third-order valence-corrected chi connectivity index (χ3v) is 6.28. The first-order chi connectivity index (χ1) is 14.9. The van der Waals surface area contributed by atoms with Crippen LogP contribution in [0.1, 0.15) is 59.6 Å². The van der Waals surface area contributed by atoms with Crippen LogP contribution in [-0.4, -0.2) is 51.2 Å². The lowest BCUT2D eigenvalue weighted by atomic mass is 10.1. The zero-order valence-corrected chi connectivity index (χ0v) is 16.9. The van der Waals surface area contributed by atoms with Gasteiger partial charge in [0.2, 0.25) is 5.88 Å². The van der Waals surface area contributed by atoms with E-state index < -0.39 is 17.6 Å². The van der Waals surface area contributed by atoms with Crippen molar-refractivity contribution in [1.29, 1.82) is 0 Å². The Morgan fingerprint density at radius 1 is 1.06 bits per heavy atom. The quantitative estimate of drug-likeness (QED) is 0.730. The van der Waals surface area contributed by atoms with Crippen molar-refractivity contribution >= 4 is 5.91 Å². The van der Waals surface area contributed by atoms with E-state index >= 15 is 0 Å². The molecule has 2 atom stereocenters. The van der Waals surface area contributed by atoms with Crippen molar-refractivity contribution in [2.24, 2.45) is 0 Å². The van der Waals surface area contributed by atoms with Gasteiger partial charge in [-0.3, -0.25) is 9.78 Å². The van der Waals surface area contributed by atoms with Crippen LogP contribution in [0, 0.1) is 0 Å². The first-order valence-corrected chi connectivity index (χ1v) is 10.6. The molecule has 0 N–H and O–H groups in total. The summed E-state index contributed by atoms with van der Waals surface area (Å²) in [6.07, 6.45) is 3.53. The molecule has 0 radical (unpaired) electrons. The number of alkyl halides is 3. The molecule has 3 heterocycles. The van der Waals surface area contributed by atoms with Crippen LogP contribution in [0.2, 0.25) is 0 Å². The molecule has 2 aliphatic heterocycles. The minimum absolute atomic E-state index is 0.0477. The van der Waals surface area contributed by atoms with Gasteiger partial charge in [0, 0.05) is 24.1 Å². The summed E-state index contributed by atoms with van der Waals surface area (Å²) < 4.78 is 45.1. The molecule has 3 fully saturated rings. The summed E-state index contributed by atoms with van der Waals surface area (Å²) >= 11 is 0. The van der Waals surface area contributed by atoms with Gasteiger partial charge in [-0.25, -0.2) is 9.88 Å². The van der Waals surface area contributed by atoms with E-state index in [2.05, 4.69) is 14.9 Å². The number of carbonyl (C=O) groups is 1. The molecule has 2 aromatic rings. The second-order valence-electron chi connectivity index (χ2n) is 8.45. The zero-order chi connectivity index (χ0) is 21.6. The van der Waals surface area contributed by atoms with Crippen LogP contribution in [-0.2, 0) is 6.18 Å². The molecule has 0 spiro atoms. The van der Waals surface area contributed by atoms with Crippen molar-refractivity contribution in [3.05, 3.63) is 53.5 Å². The first-order valence-electron chi connectivity index (χ1n) is 10.6. The van der Waals surface area contributed by atoms with Crippen LogP contribution in [0.5, 0.6) is 5.88 Å². The highest BCUT2D eigenvalue weighted by Gasteiger charge is 2.40. The summed E-state index contributed by atoms with van der Waals surface area (Å²) in [6, 6.07) is 4.88. The number of aromatic nitrogens is 2. The summed E-state index contributed by atoms with van der Waals surface area (Å²) in [6.45, 7) is 0.830. The fraction of sp³-hybridized carbons (Fsp3) is 0.500. The van der Waals surface area contributed by atoms with Gasteiger partial charge < -0.3 is 9.64 Å². The van der Waals surface area contributed by atoms with Gasteiger partial charge in [0.05, 0.1) is 30.3 Å². The Bertz CT molecular complexity index is 962. The van der Waals surface area contributed by atoms with Crippen LogP contribution in [0.4, 0.5) is 13.2 Å². The van der Waals surface area contributed by atoms with E-state index in [1.165, 1.54) is 12.1 Å². The molecule has 1 aromatic carbocycles. The first kappa shape index (κ1) is 20.2. The van der Waals surface area contributed by atoms with E-state index in [1.807, 2.05) is 0 Å². The predicted octanol–water partition coefficient (Wildman–Crippen LogP) is 4.05. The summed E-state index contributed by atoms with van der Waals surface area (Å²) in [5, 5.41) is 0. The van der Waals surface area contributed by atoms with Gasteiger partial charge in [0.25, 0.3) is 5.91 Å². The third-order valence-electron chi connectivity index (χ3n) is 6.28. The lowest BCUT2D eigenvalue weighted by Gasteiger charge is -2.40. The van der Waals surface area contributed by atoms with Gasteiger partial charge in [0.1, 0.15) is 0 Å². The number of ether oxygens (including phenoxy) is 1. The number of rotatable bonds is 4. The van der Waals surface area contributed by atoms with Crippen LogP contribution in [0.3, 0.4) is 0 Å². The van der Waals surface area contributed by atoms with Gasteiger partial charge in [0.15, 0.2) is 6.23 Å². The number of halogens is 3. The van der Waals surface area contributed by atoms with Gasteiger partial charge in [-0.05, 0) is 50.3 Å². The van der Waals surface area contributed by atoms with Crippen LogP contribution in [0.15, 0.2) is 36.7 Å². The molecule has 0 unspecified atom stereocenters. The fourth-order valence-corrected chi connectivity index (χ4v) is 4.41. The van der Waals surface area contributed by atoms with Crippen LogP contribution in [0.25, 0.3) is 0 Å². The molecule has 6 nitrogen and oxygen atoms in total. The van der Waals surface area contributed by atoms with E-state index in [9.17, 15) is 18.0 Å². The number of hydrogen-bond acceptors (Lipinski definition) is 5. The smallest absolute Gasteiger partial charge is 0.416 e. The molecule has 0 bridgehead atoms. The van der Waals surface area contributed by atoms with E-state index in [0.29, 0.717) is 25.0 Å². The monoisotopic (exact) mass is 432 g/mol. The molecule has 1 aliphatic carbocycles. The summed E-state index contributed by atoms with van der Waals surface area (Å²) in [4.78, 5) is 25.4. The molecule has 31 heavy (non-hydrogen) atoms. The molecule has 5 rings (SSSR count). The van der Waals surface area contributed by atoms with Gasteiger partial charge in [-0.1, -0.05) is 6.07 Å². The molecule has 2 saturated heterocycles. The van der Waals surface area contributed by atoms with Crippen molar-refractivity contribution in [1.82, 2.24) is 19.8 Å². The SMILES string of the molecule is O=C(c1cccc(C(F)(F)F)c1)N1CC[C@H]2CC[C@@H](Oc3cnc(C4CC4)cn3)N2C1. The highest BCUT2D eigenvalue weighted by Crippen LogP contribution is 2.39. The second-order valence-corrected chi connectivity index (χ2v) is 8.45. The maximum absolute atomic E-state index is 13.0. The maximum Gasteiger partial charge on any atom is 0.416 e. The average molecular weight is 432 g/mol. The Kier molecular flexibility index (Phi) is 5.08. The Hall–Kier alpha value is -2.68. The lowest BCUT2D eigenvalue weighted by molar-refractivity contribution is -0.137. The topological polar surface area (TPSA) is 58.6 Å². The number of fused-ring (bicyclic) bond motifs is 1. The van der Waals surface area contributed by atoms with Gasteiger partial charge in [-0.15, -0.1) is 0 Å². The molecule has 1 amide bonds. The standard InChI is InChI=1S/C22H23F3N4O2/c23-22(24,25)16-3-1-2-15(10-16)21(30)28-9-8-17-6-7-20(29(17)13-28)31-19-12-26-18(11-27-19)14-4-5-14/h1-3,10-12,14,17,20H,4-9,13H2/t17-,20-/m1/s1. The number of carbonyl (C=O) groups excluding carboxylic acids is 1. The van der Waals surface area contributed by atoms with Crippen molar-refractivity contribution in [3.8, 4) is 5.88 Å². The molecule has 1 saturated carbocycles.